The molecule has 0 aliphatic rings. The standard InChI is InChI=1S/C15H23NO2/c1-3-4-7-10-16-11-14(17)12-18-15-9-6-5-8-13(15)2/h3-6,8-9,14,16-17H,7,10-12H2,1-2H3/b4-3+. The van der Waals surface area contributed by atoms with E-state index >= 15 is 0 Å². The van der Waals surface area contributed by atoms with Gasteiger partial charge in [0.1, 0.15) is 18.5 Å². The minimum absolute atomic E-state index is 0.321. The molecule has 0 aliphatic heterocycles. The lowest BCUT2D eigenvalue weighted by atomic mass is 10.2. The van der Waals surface area contributed by atoms with Crippen LogP contribution in [0.1, 0.15) is 18.9 Å². The molecule has 0 saturated carbocycles. The summed E-state index contributed by atoms with van der Waals surface area (Å²) in [5.74, 6) is 0.838. The molecule has 0 amide bonds. The quantitative estimate of drug-likeness (QED) is 0.548. The van der Waals surface area contributed by atoms with E-state index in [9.17, 15) is 5.11 Å². The highest BCUT2D eigenvalue weighted by molar-refractivity contribution is 5.31. The maximum Gasteiger partial charge on any atom is 0.122 e. The Bertz CT molecular complexity index is 363. The average molecular weight is 249 g/mol. The number of rotatable bonds is 8. The van der Waals surface area contributed by atoms with Crippen LogP contribution in [-0.4, -0.2) is 30.9 Å². The molecule has 0 heterocycles. The molecule has 0 saturated heterocycles. The third kappa shape index (κ3) is 5.84. The molecule has 0 aliphatic carbocycles. The molecular formula is C15H23NO2. The SMILES string of the molecule is C/C=C/CCNCC(O)COc1ccccc1C. The number of nitrogens with one attached hydrogen (secondary N) is 1. The van der Waals surface area contributed by atoms with E-state index in [0.717, 1.165) is 24.3 Å². The Hall–Kier alpha value is -1.32. The minimum atomic E-state index is -0.477. The lowest BCUT2D eigenvalue weighted by Gasteiger charge is -2.14. The number of aryl methyl sites for hydroxylation is 1. The van der Waals surface area contributed by atoms with E-state index in [4.69, 9.17) is 4.74 Å². The topological polar surface area (TPSA) is 41.5 Å². The van der Waals surface area contributed by atoms with Gasteiger partial charge in [0, 0.05) is 6.54 Å². The van der Waals surface area contributed by atoms with E-state index in [0.29, 0.717) is 13.2 Å². The molecule has 0 bridgehead atoms. The van der Waals surface area contributed by atoms with Crippen molar-refractivity contribution in [2.24, 2.45) is 0 Å². The first-order chi connectivity index (χ1) is 8.74. The highest BCUT2D eigenvalue weighted by atomic mass is 16.5. The number of hydrogen-bond acceptors (Lipinski definition) is 3. The molecule has 0 spiro atoms. The Morgan fingerprint density at radius 1 is 1.39 bits per heavy atom. The fraction of sp³-hybridized carbons (Fsp3) is 0.467. The van der Waals surface area contributed by atoms with Gasteiger partial charge in [0.15, 0.2) is 0 Å². The first kappa shape index (κ1) is 14.7. The molecule has 18 heavy (non-hydrogen) atoms. The zero-order valence-corrected chi connectivity index (χ0v) is 11.2. The summed E-state index contributed by atoms with van der Waals surface area (Å²) in [5.41, 5.74) is 1.09. The van der Waals surface area contributed by atoms with E-state index in [2.05, 4.69) is 11.4 Å². The molecule has 0 aromatic heterocycles. The molecule has 0 radical (unpaired) electrons. The Morgan fingerprint density at radius 2 is 2.17 bits per heavy atom. The smallest absolute Gasteiger partial charge is 0.122 e. The number of benzene rings is 1. The summed E-state index contributed by atoms with van der Waals surface area (Å²) in [4.78, 5) is 0. The number of para-hydroxylation sites is 1. The first-order valence-corrected chi connectivity index (χ1v) is 6.42. The van der Waals surface area contributed by atoms with E-state index < -0.39 is 6.10 Å². The Morgan fingerprint density at radius 3 is 2.89 bits per heavy atom. The molecule has 3 heteroatoms. The average Bonchev–Trinajstić information content (AvgIpc) is 2.37. The largest absolute Gasteiger partial charge is 0.491 e. The molecule has 3 nitrogen and oxygen atoms in total. The van der Waals surface area contributed by atoms with E-state index in [1.165, 1.54) is 0 Å². The number of aliphatic hydroxyl groups is 1. The van der Waals surface area contributed by atoms with Gasteiger partial charge in [-0.2, -0.15) is 0 Å². The third-order valence-corrected chi connectivity index (χ3v) is 2.63. The summed E-state index contributed by atoms with van der Waals surface area (Å²) in [6.07, 6.45) is 4.64. The van der Waals surface area contributed by atoms with Gasteiger partial charge < -0.3 is 15.2 Å². The molecule has 1 atom stereocenters. The second kappa shape index (κ2) is 8.72. The summed E-state index contributed by atoms with van der Waals surface area (Å²) in [7, 11) is 0. The lowest BCUT2D eigenvalue weighted by Crippen LogP contribution is -2.31. The van der Waals surface area contributed by atoms with Crippen LogP contribution in [0.25, 0.3) is 0 Å². The summed E-state index contributed by atoms with van der Waals surface area (Å²) >= 11 is 0. The molecular weight excluding hydrogens is 226 g/mol. The summed E-state index contributed by atoms with van der Waals surface area (Å²) in [5, 5.41) is 12.9. The van der Waals surface area contributed by atoms with Gasteiger partial charge in [-0.25, -0.2) is 0 Å². The zero-order valence-electron chi connectivity index (χ0n) is 11.2. The van der Waals surface area contributed by atoms with Crippen LogP contribution in [0.5, 0.6) is 5.75 Å². The predicted octanol–water partition coefficient (Wildman–Crippen LogP) is 2.29. The second-order valence-corrected chi connectivity index (χ2v) is 4.29. The van der Waals surface area contributed by atoms with Crippen molar-refractivity contribution in [1.82, 2.24) is 5.32 Å². The second-order valence-electron chi connectivity index (χ2n) is 4.29. The highest BCUT2D eigenvalue weighted by Crippen LogP contribution is 2.16. The monoisotopic (exact) mass is 249 g/mol. The number of aliphatic hydroxyl groups excluding tert-OH is 1. The van der Waals surface area contributed by atoms with Gasteiger partial charge in [-0.05, 0) is 38.4 Å². The van der Waals surface area contributed by atoms with Gasteiger partial charge in [0.05, 0.1) is 0 Å². The van der Waals surface area contributed by atoms with Crippen molar-refractivity contribution in [3.8, 4) is 5.75 Å². The molecule has 1 aromatic rings. The van der Waals surface area contributed by atoms with E-state index in [1.807, 2.05) is 44.2 Å². The van der Waals surface area contributed by atoms with Gasteiger partial charge in [-0.15, -0.1) is 0 Å². The van der Waals surface area contributed by atoms with Crippen molar-refractivity contribution in [1.29, 1.82) is 0 Å². The van der Waals surface area contributed by atoms with Gasteiger partial charge in [-0.1, -0.05) is 30.4 Å². The van der Waals surface area contributed by atoms with Gasteiger partial charge in [0.2, 0.25) is 0 Å². The van der Waals surface area contributed by atoms with Crippen molar-refractivity contribution in [3.05, 3.63) is 42.0 Å². The van der Waals surface area contributed by atoms with Crippen molar-refractivity contribution >= 4 is 0 Å². The predicted molar refractivity (Wildman–Crippen MR) is 75.0 cm³/mol. The highest BCUT2D eigenvalue weighted by Gasteiger charge is 2.05. The van der Waals surface area contributed by atoms with Crippen LogP contribution in [0.2, 0.25) is 0 Å². The van der Waals surface area contributed by atoms with E-state index in [-0.39, 0.29) is 0 Å². The first-order valence-electron chi connectivity index (χ1n) is 6.42. The third-order valence-electron chi connectivity index (χ3n) is 2.63. The Balaban J connectivity index is 2.17. The summed E-state index contributed by atoms with van der Waals surface area (Å²) < 4.78 is 5.57. The van der Waals surface area contributed by atoms with E-state index in [1.54, 1.807) is 0 Å². The van der Waals surface area contributed by atoms with Crippen molar-refractivity contribution in [2.75, 3.05) is 19.7 Å². The molecule has 2 N–H and O–H groups in total. The summed E-state index contributed by atoms with van der Waals surface area (Å²) in [6, 6.07) is 7.82. The fourth-order valence-corrected chi connectivity index (χ4v) is 1.58. The maximum atomic E-state index is 9.75. The molecule has 100 valence electrons. The lowest BCUT2D eigenvalue weighted by molar-refractivity contribution is 0.106. The maximum absolute atomic E-state index is 9.75. The molecule has 0 fully saturated rings. The number of ether oxygens (including phenoxy) is 1. The van der Waals surface area contributed by atoms with Gasteiger partial charge in [0.25, 0.3) is 0 Å². The van der Waals surface area contributed by atoms with Crippen LogP contribution < -0.4 is 10.1 Å². The molecule has 1 aromatic carbocycles. The minimum Gasteiger partial charge on any atom is -0.491 e. The molecule has 1 unspecified atom stereocenters. The number of hydrogen-bond donors (Lipinski definition) is 2. The number of allylic oxidation sites excluding steroid dienone is 1. The normalized spacial score (nSPS) is 12.8. The Kier molecular flexibility index (Phi) is 7.14. The summed E-state index contributed by atoms with van der Waals surface area (Å²) in [6.45, 7) is 5.76. The van der Waals surface area contributed by atoms with Crippen LogP contribution in [0.3, 0.4) is 0 Å². The van der Waals surface area contributed by atoms with Gasteiger partial charge in [-0.3, -0.25) is 0 Å². The van der Waals surface area contributed by atoms with Crippen molar-refractivity contribution in [3.63, 3.8) is 0 Å². The zero-order chi connectivity index (χ0) is 13.2. The van der Waals surface area contributed by atoms with Crippen molar-refractivity contribution in [2.45, 2.75) is 26.4 Å². The van der Waals surface area contributed by atoms with Crippen LogP contribution in [-0.2, 0) is 0 Å². The van der Waals surface area contributed by atoms with Crippen molar-refractivity contribution < 1.29 is 9.84 Å². The van der Waals surface area contributed by atoms with Crippen LogP contribution in [0.15, 0.2) is 36.4 Å². The van der Waals surface area contributed by atoms with Crippen LogP contribution >= 0.6 is 0 Å². The van der Waals surface area contributed by atoms with Crippen LogP contribution in [0, 0.1) is 6.92 Å². The Labute approximate surface area is 109 Å². The van der Waals surface area contributed by atoms with Crippen LogP contribution in [0.4, 0.5) is 0 Å². The molecule has 1 rings (SSSR count). The fourth-order valence-electron chi connectivity index (χ4n) is 1.58. The van der Waals surface area contributed by atoms with Gasteiger partial charge >= 0.3 is 0 Å².